The van der Waals surface area contributed by atoms with Crippen molar-refractivity contribution in [3.63, 3.8) is 0 Å². The van der Waals surface area contributed by atoms with Crippen LogP contribution in [0.4, 0.5) is 19.1 Å². The van der Waals surface area contributed by atoms with Crippen LogP contribution >= 0.6 is 0 Å². The lowest BCUT2D eigenvalue weighted by Crippen LogP contribution is -2.49. The van der Waals surface area contributed by atoms with E-state index < -0.39 is 23.3 Å². The van der Waals surface area contributed by atoms with E-state index in [1.165, 1.54) is 23.1 Å². The predicted octanol–water partition coefficient (Wildman–Crippen LogP) is 4.51. The molecule has 2 aromatic heterocycles. The Bertz CT molecular complexity index is 1100. The van der Waals surface area contributed by atoms with Gasteiger partial charge in [0.05, 0.1) is 16.8 Å². The first-order chi connectivity index (χ1) is 16.3. The Hall–Kier alpha value is -4.00. The summed E-state index contributed by atoms with van der Waals surface area (Å²) in [5.74, 6) is -0.353. The molecule has 0 aliphatic carbocycles. The lowest BCUT2D eigenvalue weighted by atomic mass is 10.0. The molecule has 0 atom stereocenters. The predicted molar refractivity (Wildman–Crippen MR) is 124 cm³/mol. The van der Waals surface area contributed by atoms with Crippen LogP contribution in [0.25, 0.3) is 5.57 Å². The molecule has 1 aliphatic heterocycles. The van der Waals surface area contributed by atoms with Crippen LogP contribution in [0.1, 0.15) is 41.2 Å². The van der Waals surface area contributed by atoms with Gasteiger partial charge in [-0.05, 0) is 12.1 Å². The standard InChI is InChI=1S/C22H19F3N6O.C2H6/c1-3-6-15(4-2)18-16(14-26)13-17(19(29-18)22(23,24)25)20(32)30-9-11-31(12-10-30)21-27-7-5-8-28-21;1-2/h3-8,13H,1-2,9-12H2;1-2H3/b15-6+;. The minimum atomic E-state index is -4.89. The van der Waals surface area contributed by atoms with Gasteiger partial charge in [-0.1, -0.05) is 45.2 Å². The third-order valence-electron chi connectivity index (χ3n) is 4.83. The summed E-state index contributed by atoms with van der Waals surface area (Å²) in [5.41, 5.74) is -2.19. The smallest absolute Gasteiger partial charge is 0.337 e. The highest BCUT2D eigenvalue weighted by Crippen LogP contribution is 2.34. The van der Waals surface area contributed by atoms with Gasteiger partial charge in [0.15, 0.2) is 5.69 Å². The zero-order valence-corrected chi connectivity index (χ0v) is 19.0. The molecule has 0 unspecified atom stereocenters. The Kier molecular flexibility index (Phi) is 9.07. The number of nitriles is 1. The Labute approximate surface area is 196 Å². The Morgan fingerprint density at radius 2 is 1.76 bits per heavy atom. The van der Waals surface area contributed by atoms with Crippen molar-refractivity contribution in [1.29, 1.82) is 5.26 Å². The minimum Gasteiger partial charge on any atom is -0.337 e. The van der Waals surface area contributed by atoms with Crippen LogP contribution in [0.5, 0.6) is 0 Å². The fourth-order valence-corrected chi connectivity index (χ4v) is 3.30. The first-order valence-corrected chi connectivity index (χ1v) is 10.6. The average Bonchev–Trinajstić information content (AvgIpc) is 2.87. The topological polar surface area (TPSA) is 86.0 Å². The zero-order valence-electron chi connectivity index (χ0n) is 19.0. The van der Waals surface area contributed by atoms with Crippen molar-refractivity contribution in [1.82, 2.24) is 19.9 Å². The Morgan fingerprint density at radius 3 is 2.26 bits per heavy atom. The quantitative estimate of drug-likeness (QED) is 0.598. The Balaban J connectivity index is 0.00000199. The summed E-state index contributed by atoms with van der Waals surface area (Å²) in [6.07, 6.45) is 2.30. The molecular formula is C24H25F3N6O. The molecular weight excluding hydrogens is 445 g/mol. The average molecular weight is 470 g/mol. The van der Waals surface area contributed by atoms with Gasteiger partial charge in [-0.3, -0.25) is 4.79 Å². The Morgan fingerprint density at radius 1 is 1.15 bits per heavy atom. The summed E-state index contributed by atoms with van der Waals surface area (Å²) >= 11 is 0. The zero-order chi connectivity index (χ0) is 25.3. The maximum absolute atomic E-state index is 13.8. The summed E-state index contributed by atoms with van der Waals surface area (Å²) in [4.78, 5) is 28.1. The summed E-state index contributed by atoms with van der Waals surface area (Å²) in [6, 6.07) is 4.44. The number of hydrogen-bond donors (Lipinski definition) is 0. The molecule has 0 radical (unpaired) electrons. The van der Waals surface area contributed by atoms with Crippen LogP contribution in [0.15, 0.2) is 55.9 Å². The maximum atomic E-state index is 13.8. The summed E-state index contributed by atoms with van der Waals surface area (Å²) in [5, 5.41) is 9.50. The van der Waals surface area contributed by atoms with Crippen molar-refractivity contribution < 1.29 is 18.0 Å². The number of alkyl halides is 3. The third kappa shape index (κ3) is 5.86. The van der Waals surface area contributed by atoms with Crippen LogP contribution in [0.3, 0.4) is 0 Å². The second-order valence-corrected chi connectivity index (χ2v) is 6.78. The van der Waals surface area contributed by atoms with E-state index in [-0.39, 0.29) is 29.9 Å². The summed E-state index contributed by atoms with van der Waals surface area (Å²) in [6.45, 7) is 12.1. The number of piperazine rings is 1. The van der Waals surface area contributed by atoms with E-state index in [9.17, 15) is 23.2 Å². The number of carbonyl (C=O) groups excluding carboxylic acids is 1. The number of nitrogens with zero attached hydrogens (tertiary/aromatic N) is 6. The van der Waals surface area contributed by atoms with E-state index in [4.69, 9.17) is 0 Å². The number of allylic oxidation sites excluding steroid dienone is 4. The van der Waals surface area contributed by atoms with Crippen LogP contribution in [-0.2, 0) is 6.18 Å². The number of carbonyl (C=O) groups is 1. The fraction of sp³-hybridized carbons (Fsp3) is 0.292. The third-order valence-corrected chi connectivity index (χ3v) is 4.83. The van der Waals surface area contributed by atoms with Crippen molar-refractivity contribution >= 4 is 17.4 Å². The number of aromatic nitrogens is 3. The molecule has 1 aliphatic rings. The van der Waals surface area contributed by atoms with Gasteiger partial charge < -0.3 is 9.80 Å². The van der Waals surface area contributed by atoms with Crippen molar-refractivity contribution in [3.05, 3.63) is 78.4 Å². The van der Waals surface area contributed by atoms with Crippen molar-refractivity contribution in [3.8, 4) is 6.07 Å². The molecule has 0 aromatic carbocycles. The van der Waals surface area contributed by atoms with Crippen LogP contribution in [0, 0.1) is 11.3 Å². The molecule has 1 amide bonds. The first-order valence-electron chi connectivity index (χ1n) is 10.6. The van der Waals surface area contributed by atoms with Gasteiger partial charge in [0.1, 0.15) is 6.07 Å². The molecule has 3 heterocycles. The second kappa shape index (κ2) is 11.7. The summed E-state index contributed by atoms with van der Waals surface area (Å²) in [7, 11) is 0. The molecule has 0 N–H and O–H groups in total. The van der Waals surface area contributed by atoms with Gasteiger partial charge in [-0.15, -0.1) is 0 Å². The molecule has 10 heteroatoms. The van der Waals surface area contributed by atoms with Gasteiger partial charge in [0.2, 0.25) is 5.95 Å². The number of anilines is 1. The van der Waals surface area contributed by atoms with Crippen molar-refractivity contribution in [2.45, 2.75) is 20.0 Å². The van der Waals surface area contributed by atoms with Gasteiger partial charge in [-0.25, -0.2) is 15.0 Å². The monoisotopic (exact) mass is 470 g/mol. The van der Waals surface area contributed by atoms with Crippen LogP contribution < -0.4 is 4.90 Å². The molecule has 7 nitrogen and oxygen atoms in total. The number of amides is 1. The van der Waals surface area contributed by atoms with E-state index in [0.717, 1.165) is 6.07 Å². The molecule has 34 heavy (non-hydrogen) atoms. The highest BCUT2D eigenvalue weighted by Gasteiger charge is 2.40. The van der Waals surface area contributed by atoms with E-state index in [1.54, 1.807) is 18.5 Å². The van der Waals surface area contributed by atoms with Gasteiger partial charge >= 0.3 is 6.18 Å². The van der Waals surface area contributed by atoms with E-state index in [2.05, 4.69) is 28.1 Å². The number of hydrogen-bond acceptors (Lipinski definition) is 6. The van der Waals surface area contributed by atoms with Gasteiger partial charge in [0.25, 0.3) is 5.91 Å². The summed E-state index contributed by atoms with van der Waals surface area (Å²) < 4.78 is 41.5. The van der Waals surface area contributed by atoms with Crippen molar-refractivity contribution in [2.24, 2.45) is 0 Å². The van der Waals surface area contributed by atoms with Crippen molar-refractivity contribution in [2.75, 3.05) is 31.1 Å². The normalized spacial score (nSPS) is 13.9. The fourth-order valence-electron chi connectivity index (χ4n) is 3.30. The van der Waals surface area contributed by atoms with E-state index in [0.29, 0.717) is 19.0 Å². The number of pyridine rings is 1. The van der Waals surface area contributed by atoms with Crippen LogP contribution in [0.2, 0.25) is 0 Å². The molecule has 2 aromatic rings. The molecule has 178 valence electrons. The molecule has 0 spiro atoms. The minimum absolute atomic E-state index is 0.161. The SMILES string of the molecule is C=C/C=C(\C=C)c1nc(C(F)(F)F)c(C(=O)N2CCN(c3ncccn3)CC2)cc1C#N.CC. The van der Waals surface area contributed by atoms with E-state index in [1.807, 2.05) is 24.8 Å². The second-order valence-electron chi connectivity index (χ2n) is 6.78. The first kappa shape index (κ1) is 26.3. The highest BCUT2D eigenvalue weighted by molar-refractivity contribution is 5.96. The maximum Gasteiger partial charge on any atom is 0.434 e. The lowest BCUT2D eigenvalue weighted by Gasteiger charge is -2.35. The van der Waals surface area contributed by atoms with E-state index >= 15 is 0 Å². The molecule has 1 fully saturated rings. The molecule has 0 saturated carbocycles. The molecule has 1 saturated heterocycles. The number of halogens is 3. The van der Waals surface area contributed by atoms with Gasteiger partial charge in [0, 0.05) is 44.1 Å². The molecule has 3 rings (SSSR count). The highest BCUT2D eigenvalue weighted by atomic mass is 19.4. The lowest BCUT2D eigenvalue weighted by molar-refractivity contribution is -0.141. The largest absolute Gasteiger partial charge is 0.434 e. The number of rotatable bonds is 5. The van der Waals surface area contributed by atoms with Crippen LogP contribution in [-0.4, -0.2) is 51.9 Å². The van der Waals surface area contributed by atoms with Gasteiger partial charge in [-0.2, -0.15) is 18.4 Å². The molecule has 0 bridgehead atoms.